The summed E-state index contributed by atoms with van der Waals surface area (Å²) in [5.74, 6) is 6.20. The van der Waals surface area contributed by atoms with Gasteiger partial charge in [-0.15, -0.1) is 0 Å². The molecule has 0 nitrogen and oxygen atoms in total. The lowest BCUT2D eigenvalue weighted by molar-refractivity contribution is 0.592. The van der Waals surface area contributed by atoms with Gasteiger partial charge in [0, 0.05) is 6.42 Å². The largest absolute Gasteiger partial charge is 0.0985 e. The average Bonchev–Trinajstić information content (AvgIpc) is 2.31. The molecular weight excluding hydrogens is 192 g/mol. The molecule has 0 bridgehead atoms. The molecule has 16 heavy (non-hydrogen) atoms. The summed E-state index contributed by atoms with van der Waals surface area (Å²) in [6.45, 7) is 4.43. The predicted molar refractivity (Wildman–Crippen MR) is 74.4 cm³/mol. The molecule has 0 unspecified atom stereocenters. The van der Waals surface area contributed by atoms with Crippen molar-refractivity contribution in [1.82, 2.24) is 0 Å². The van der Waals surface area contributed by atoms with Gasteiger partial charge in [0.1, 0.15) is 0 Å². The summed E-state index contributed by atoms with van der Waals surface area (Å²) in [6, 6.07) is 0. The van der Waals surface area contributed by atoms with Crippen molar-refractivity contribution in [1.29, 1.82) is 0 Å². The van der Waals surface area contributed by atoms with Crippen LogP contribution >= 0.6 is 0 Å². The molecule has 0 atom stereocenters. The van der Waals surface area contributed by atoms with E-state index in [1.165, 1.54) is 57.8 Å². The fourth-order valence-corrected chi connectivity index (χ4v) is 1.62. The van der Waals surface area contributed by atoms with Gasteiger partial charge in [-0.2, -0.15) is 0 Å². The van der Waals surface area contributed by atoms with E-state index in [9.17, 15) is 0 Å². The van der Waals surface area contributed by atoms with Gasteiger partial charge in [-0.1, -0.05) is 70.3 Å². The van der Waals surface area contributed by atoms with Crippen LogP contribution in [0.2, 0.25) is 0 Å². The first-order valence-electron chi connectivity index (χ1n) is 7.05. The Morgan fingerprint density at radius 1 is 0.812 bits per heavy atom. The van der Waals surface area contributed by atoms with E-state index < -0.39 is 0 Å². The quantitative estimate of drug-likeness (QED) is 0.356. The summed E-state index contributed by atoms with van der Waals surface area (Å²) in [6.07, 6.45) is 17.4. The number of hydrogen-bond donors (Lipinski definition) is 0. The number of rotatable bonds is 9. The van der Waals surface area contributed by atoms with Gasteiger partial charge in [0.2, 0.25) is 0 Å². The number of unbranched alkanes of at least 4 members (excludes halogenated alkanes) is 8. The SMILES string of the molecule is CCCC#CC=CCCCCCCCCC. The second-order valence-electron chi connectivity index (χ2n) is 4.38. The molecule has 0 fully saturated rings. The topological polar surface area (TPSA) is 0 Å². The van der Waals surface area contributed by atoms with Crippen LogP contribution in [-0.2, 0) is 0 Å². The summed E-state index contributed by atoms with van der Waals surface area (Å²) >= 11 is 0. The lowest BCUT2D eigenvalue weighted by Gasteiger charge is -1.98. The molecule has 0 N–H and O–H groups in total. The third-order valence-corrected chi connectivity index (χ3v) is 2.65. The van der Waals surface area contributed by atoms with Crippen LogP contribution in [0.3, 0.4) is 0 Å². The van der Waals surface area contributed by atoms with Crippen LogP contribution in [0.5, 0.6) is 0 Å². The summed E-state index contributed by atoms with van der Waals surface area (Å²) < 4.78 is 0. The number of hydrogen-bond acceptors (Lipinski definition) is 0. The zero-order valence-corrected chi connectivity index (χ0v) is 11.2. The fourth-order valence-electron chi connectivity index (χ4n) is 1.62. The molecule has 0 saturated heterocycles. The van der Waals surface area contributed by atoms with Crippen LogP contribution in [-0.4, -0.2) is 0 Å². The average molecular weight is 220 g/mol. The molecule has 92 valence electrons. The normalized spacial score (nSPS) is 10.4. The third kappa shape index (κ3) is 13.3. The highest BCUT2D eigenvalue weighted by Crippen LogP contribution is 2.08. The molecule has 0 aliphatic rings. The van der Waals surface area contributed by atoms with Crippen LogP contribution in [0.15, 0.2) is 12.2 Å². The summed E-state index contributed by atoms with van der Waals surface area (Å²) in [5.41, 5.74) is 0. The zero-order valence-electron chi connectivity index (χ0n) is 11.2. The van der Waals surface area contributed by atoms with Crippen molar-refractivity contribution in [2.75, 3.05) is 0 Å². The van der Waals surface area contributed by atoms with Crippen LogP contribution in [0.4, 0.5) is 0 Å². The van der Waals surface area contributed by atoms with E-state index >= 15 is 0 Å². The first-order valence-corrected chi connectivity index (χ1v) is 7.05. The van der Waals surface area contributed by atoms with E-state index in [0.717, 1.165) is 6.42 Å². The highest BCUT2D eigenvalue weighted by Gasteiger charge is 1.88. The van der Waals surface area contributed by atoms with Gasteiger partial charge in [0.05, 0.1) is 0 Å². The molecule has 0 aromatic heterocycles. The Labute approximate surface area is 103 Å². The maximum atomic E-state index is 3.12. The molecule has 0 heteroatoms. The minimum absolute atomic E-state index is 1.03. The van der Waals surface area contributed by atoms with Crippen LogP contribution in [0.25, 0.3) is 0 Å². The standard InChI is InChI=1S/C16H28/c1-3-5-7-9-11-13-15-16-14-12-10-8-6-4-2/h12,14H,3-7,9,11,13,15-16H2,1-2H3. The lowest BCUT2D eigenvalue weighted by Crippen LogP contribution is -1.78. The smallest absolute Gasteiger partial charge is 0.00896 e. The fraction of sp³-hybridized carbons (Fsp3) is 0.750. The lowest BCUT2D eigenvalue weighted by atomic mass is 10.1. The van der Waals surface area contributed by atoms with Crippen LogP contribution < -0.4 is 0 Å². The molecule has 0 aliphatic heterocycles. The van der Waals surface area contributed by atoms with E-state index in [2.05, 4.69) is 31.8 Å². The zero-order chi connectivity index (χ0) is 11.9. The van der Waals surface area contributed by atoms with Crippen molar-refractivity contribution >= 4 is 0 Å². The predicted octanol–water partition coefficient (Wildman–Crippen LogP) is 5.49. The molecule has 0 aromatic carbocycles. The molecule has 0 amide bonds. The van der Waals surface area contributed by atoms with E-state index in [0.29, 0.717) is 0 Å². The Hall–Kier alpha value is -0.700. The molecular formula is C16H28. The Morgan fingerprint density at radius 3 is 2.19 bits per heavy atom. The second-order valence-corrected chi connectivity index (χ2v) is 4.38. The van der Waals surface area contributed by atoms with Crippen molar-refractivity contribution in [3.63, 3.8) is 0 Å². The second kappa shape index (κ2) is 14.3. The highest BCUT2D eigenvalue weighted by molar-refractivity contribution is 5.14. The van der Waals surface area contributed by atoms with E-state index in [4.69, 9.17) is 0 Å². The van der Waals surface area contributed by atoms with Gasteiger partial charge in [0.25, 0.3) is 0 Å². The van der Waals surface area contributed by atoms with Crippen molar-refractivity contribution in [2.45, 2.75) is 78.1 Å². The van der Waals surface area contributed by atoms with E-state index in [-0.39, 0.29) is 0 Å². The van der Waals surface area contributed by atoms with E-state index in [1.54, 1.807) is 0 Å². The monoisotopic (exact) mass is 220 g/mol. The van der Waals surface area contributed by atoms with Crippen LogP contribution in [0.1, 0.15) is 78.1 Å². The Balaban J connectivity index is 3.12. The molecule has 0 aliphatic carbocycles. The summed E-state index contributed by atoms with van der Waals surface area (Å²) in [5, 5.41) is 0. The summed E-state index contributed by atoms with van der Waals surface area (Å²) in [4.78, 5) is 0. The van der Waals surface area contributed by atoms with Crippen molar-refractivity contribution in [3.8, 4) is 11.8 Å². The molecule has 0 heterocycles. The number of allylic oxidation sites excluding steroid dienone is 2. The van der Waals surface area contributed by atoms with Gasteiger partial charge in [0.15, 0.2) is 0 Å². The third-order valence-electron chi connectivity index (χ3n) is 2.65. The van der Waals surface area contributed by atoms with Crippen molar-refractivity contribution in [3.05, 3.63) is 12.2 Å². The summed E-state index contributed by atoms with van der Waals surface area (Å²) in [7, 11) is 0. The van der Waals surface area contributed by atoms with Gasteiger partial charge in [-0.25, -0.2) is 0 Å². The van der Waals surface area contributed by atoms with Crippen molar-refractivity contribution in [2.24, 2.45) is 0 Å². The molecule has 0 saturated carbocycles. The Morgan fingerprint density at radius 2 is 1.50 bits per heavy atom. The molecule has 0 radical (unpaired) electrons. The van der Waals surface area contributed by atoms with Crippen molar-refractivity contribution < 1.29 is 0 Å². The molecule has 0 aromatic rings. The van der Waals surface area contributed by atoms with Crippen LogP contribution in [0, 0.1) is 11.8 Å². The maximum absolute atomic E-state index is 3.12. The molecule has 0 rings (SSSR count). The van der Waals surface area contributed by atoms with E-state index in [1.807, 2.05) is 6.08 Å². The molecule has 0 spiro atoms. The minimum Gasteiger partial charge on any atom is -0.0985 e. The minimum atomic E-state index is 1.03. The van der Waals surface area contributed by atoms with Gasteiger partial charge in [-0.05, 0) is 25.3 Å². The maximum Gasteiger partial charge on any atom is 0.00896 e. The first kappa shape index (κ1) is 15.3. The van der Waals surface area contributed by atoms with Gasteiger partial charge >= 0.3 is 0 Å². The van der Waals surface area contributed by atoms with Gasteiger partial charge in [-0.3, -0.25) is 0 Å². The van der Waals surface area contributed by atoms with Gasteiger partial charge < -0.3 is 0 Å². The Bertz CT molecular complexity index is 202. The highest BCUT2D eigenvalue weighted by atomic mass is 13.9. The first-order chi connectivity index (χ1) is 7.91. The Kier molecular flexibility index (Phi) is 13.7.